The van der Waals surface area contributed by atoms with Crippen molar-refractivity contribution in [2.24, 2.45) is 0 Å². The van der Waals surface area contributed by atoms with Gasteiger partial charge in [-0.25, -0.2) is 0 Å². The Hall–Kier alpha value is 0.0969. The Morgan fingerprint density at radius 1 is 1.33 bits per heavy atom. The van der Waals surface area contributed by atoms with Crippen LogP contribution in [0.5, 0.6) is 0 Å². The fourth-order valence-electron chi connectivity index (χ4n) is 1.69. The van der Waals surface area contributed by atoms with Gasteiger partial charge in [-0.05, 0) is 12.8 Å². The molecule has 0 radical (unpaired) electrons. The molecule has 1 saturated carbocycles. The second-order valence-electron chi connectivity index (χ2n) is 3.28. The molecular formula is C8H19NO2Si. The lowest BCUT2D eigenvalue weighted by atomic mass is 9.96. The highest BCUT2D eigenvalue weighted by Crippen LogP contribution is 2.16. The Morgan fingerprint density at radius 2 is 2.08 bits per heavy atom. The van der Waals surface area contributed by atoms with E-state index in [4.69, 9.17) is 4.58 Å². The van der Waals surface area contributed by atoms with Gasteiger partial charge in [-0.1, -0.05) is 19.3 Å². The lowest BCUT2D eigenvalue weighted by Gasteiger charge is -2.22. The molecule has 1 aliphatic rings. The van der Waals surface area contributed by atoms with Crippen molar-refractivity contribution in [2.45, 2.75) is 38.1 Å². The molecule has 1 rings (SSSR count). The fraction of sp³-hybridized carbons (Fsp3) is 1.00. The summed E-state index contributed by atoms with van der Waals surface area (Å²) in [6.07, 6.45) is 7.94. The molecule has 0 unspecified atom stereocenters. The maximum Gasteiger partial charge on any atom is 0.222 e. The normalized spacial score (nSPS) is 20.8. The van der Waals surface area contributed by atoms with Gasteiger partial charge < -0.3 is 5.32 Å². The standard InChI is InChI=1S/C8H19NO2Si/c1-10-11-12-7-9-8-5-3-2-4-6-8/h8-9H,2-7,12H2,1H3. The molecule has 1 fully saturated rings. The van der Waals surface area contributed by atoms with Gasteiger partial charge in [0, 0.05) is 12.2 Å². The van der Waals surface area contributed by atoms with E-state index in [-0.39, 0.29) is 0 Å². The molecule has 0 atom stereocenters. The van der Waals surface area contributed by atoms with Crippen LogP contribution in [0.4, 0.5) is 0 Å². The molecule has 0 saturated heterocycles. The predicted octanol–water partition coefficient (Wildman–Crippen LogP) is 0.528. The van der Waals surface area contributed by atoms with E-state index in [9.17, 15) is 0 Å². The molecule has 3 nitrogen and oxygen atoms in total. The molecule has 1 N–H and O–H groups in total. The van der Waals surface area contributed by atoms with E-state index in [1.54, 1.807) is 7.11 Å². The highest BCUT2D eigenvalue weighted by Gasteiger charge is 2.11. The Morgan fingerprint density at radius 3 is 2.75 bits per heavy atom. The van der Waals surface area contributed by atoms with Crippen molar-refractivity contribution in [2.75, 3.05) is 13.3 Å². The molecule has 12 heavy (non-hydrogen) atoms. The summed E-state index contributed by atoms with van der Waals surface area (Å²) in [7, 11) is 1.11. The summed E-state index contributed by atoms with van der Waals surface area (Å²) in [6, 6.07) is 0.756. The number of hydrogen-bond donors (Lipinski definition) is 1. The van der Waals surface area contributed by atoms with E-state index in [2.05, 4.69) is 10.2 Å². The van der Waals surface area contributed by atoms with Gasteiger partial charge in [0.15, 0.2) is 0 Å². The smallest absolute Gasteiger partial charge is 0.222 e. The summed E-state index contributed by atoms with van der Waals surface area (Å²) in [5.74, 6) is 0. The van der Waals surface area contributed by atoms with Crippen LogP contribution in [0.25, 0.3) is 0 Å². The monoisotopic (exact) mass is 189 g/mol. The van der Waals surface area contributed by atoms with Gasteiger partial charge in [-0.2, -0.15) is 0 Å². The fourth-order valence-corrected chi connectivity index (χ4v) is 2.47. The third kappa shape index (κ3) is 4.20. The summed E-state index contributed by atoms with van der Waals surface area (Å²) >= 11 is 0. The summed E-state index contributed by atoms with van der Waals surface area (Å²) in [4.78, 5) is 4.55. The van der Waals surface area contributed by atoms with Crippen LogP contribution in [0.3, 0.4) is 0 Å². The molecule has 0 aromatic rings. The van der Waals surface area contributed by atoms with Crippen molar-refractivity contribution < 1.29 is 9.46 Å². The van der Waals surface area contributed by atoms with Crippen molar-refractivity contribution in [3.63, 3.8) is 0 Å². The van der Waals surface area contributed by atoms with Crippen molar-refractivity contribution in [3.05, 3.63) is 0 Å². The summed E-state index contributed by atoms with van der Waals surface area (Å²) in [5, 5.41) is 3.51. The minimum atomic E-state index is -0.467. The largest absolute Gasteiger partial charge is 0.315 e. The van der Waals surface area contributed by atoms with E-state index in [1.807, 2.05) is 0 Å². The van der Waals surface area contributed by atoms with E-state index in [0.29, 0.717) is 0 Å². The van der Waals surface area contributed by atoms with Crippen LogP contribution in [0.2, 0.25) is 0 Å². The van der Waals surface area contributed by atoms with E-state index >= 15 is 0 Å². The van der Waals surface area contributed by atoms with Gasteiger partial charge in [-0.15, -0.1) is 0 Å². The molecule has 0 aromatic carbocycles. The van der Waals surface area contributed by atoms with Gasteiger partial charge in [0.1, 0.15) is 0 Å². The highest BCUT2D eigenvalue weighted by molar-refractivity contribution is 6.26. The summed E-state index contributed by atoms with van der Waals surface area (Å²) in [6.45, 7) is 0. The second-order valence-corrected chi connectivity index (χ2v) is 4.42. The molecular weight excluding hydrogens is 170 g/mol. The molecule has 1 aliphatic carbocycles. The van der Waals surface area contributed by atoms with Crippen molar-refractivity contribution in [1.82, 2.24) is 5.32 Å². The van der Waals surface area contributed by atoms with Crippen LogP contribution < -0.4 is 5.32 Å². The van der Waals surface area contributed by atoms with Crippen LogP contribution >= 0.6 is 0 Å². The first-order chi connectivity index (χ1) is 5.93. The van der Waals surface area contributed by atoms with Gasteiger partial charge >= 0.3 is 0 Å². The maximum absolute atomic E-state index is 4.90. The molecule has 4 heteroatoms. The Bertz CT molecular complexity index is 107. The molecule has 0 aliphatic heterocycles. The summed E-state index contributed by atoms with van der Waals surface area (Å²) in [5.41, 5.74) is 0. The first-order valence-electron chi connectivity index (χ1n) is 4.82. The molecule has 72 valence electrons. The van der Waals surface area contributed by atoms with E-state index in [1.165, 1.54) is 32.1 Å². The van der Waals surface area contributed by atoms with Gasteiger partial charge in [0.2, 0.25) is 9.76 Å². The zero-order valence-corrected chi connectivity index (χ0v) is 9.26. The average Bonchev–Trinajstić information content (AvgIpc) is 2.14. The quantitative estimate of drug-likeness (QED) is 0.296. The molecule has 0 aromatic heterocycles. The summed E-state index contributed by atoms with van der Waals surface area (Å²) < 4.78 is 4.90. The predicted molar refractivity (Wildman–Crippen MR) is 51.5 cm³/mol. The molecule has 0 heterocycles. The average molecular weight is 189 g/mol. The zero-order chi connectivity index (χ0) is 8.65. The van der Waals surface area contributed by atoms with Crippen LogP contribution in [0.15, 0.2) is 0 Å². The highest BCUT2D eigenvalue weighted by atomic mass is 28.2. The Balaban J connectivity index is 1.91. The van der Waals surface area contributed by atoms with Crippen molar-refractivity contribution in [3.8, 4) is 0 Å². The van der Waals surface area contributed by atoms with Gasteiger partial charge in [0.05, 0.1) is 7.11 Å². The first kappa shape index (κ1) is 10.2. The zero-order valence-electron chi connectivity index (χ0n) is 7.84. The topological polar surface area (TPSA) is 30.5 Å². The number of nitrogens with one attached hydrogen (secondary N) is 1. The minimum absolute atomic E-state index is 0.467. The van der Waals surface area contributed by atoms with Gasteiger partial charge in [0.25, 0.3) is 0 Å². The molecule has 0 spiro atoms. The van der Waals surface area contributed by atoms with E-state index in [0.717, 1.165) is 12.2 Å². The lowest BCUT2D eigenvalue weighted by molar-refractivity contribution is -0.179. The van der Waals surface area contributed by atoms with Crippen LogP contribution in [-0.4, -0.2) is 29.1 Å². The maximum atomic E-state index is 4.90. The van der Waals surface area contributed by atoms with Crippen molar-refractivity contribution >= 4 is 9.76 Å². The number of rotatable bonds is 5. The first-order valence-corrected chi connectivity index (χ1v) is 6.40. The molecule has 0 bridgehead atoms. The minimum Gasteiger partial charge on any atom is -0.315 e. The third-order valence-corrected chi connectivity index (χ3v) is 3.24. The van der Waals surface area contributed by atoms with Crippen LogP contribution in [0, 0.1) is 0 Å². The van der Waals surface area contributed by atoms with Crippen LogP contribution in [-0.2, 0) is 9.46 Å². The third-order valence-electron chi connectivity index (χ3n) is 2.34. The van der Waals surface area contributed by atoms with Crippen molar-refractivity contribution in [1.29, 1.82) is 0 Å². The Kier molecular flexibility index (Phi) is 5.59. The lowest BCUT2D eigenvalue weighted by Crippen LogP contribution is -2.34. The van der Waals surface area contributed by atoms with Gasteiger partial charge in [-0.3, -0.25) is 9.46 Å². The van der Waals surface area contributed by atoms with Crippen LogP contribution in [0.1, 0.15) is 32.1 Å². The Labute approximate surface area is 76.7 Å². The SMILES string of the molecule is COO[SiH2]CNC1CCCCC1. The number of hydrogen-bond acceptors (Lipinski definition) is 3. The second kappa shape index (κ2) is 6.60. The molecule has 0 amide bonds. The van der Waals surface area contributed by atoms with E-state index < -0.39 is 9.76 Å².